The van der Waals surface area contributed by atoms with Crippen molar-refractivity contribution in [3.63, 3.8) is 0 Å². The summed E-state index contributed by atoms with van der Waals surface area (Å²) in [6.07, 6.45) is -0.199. The second kappa shape index (κ2) is 11.3. The Morgan fingerprint density at radius 3 is 1.87 bits per heavy atom. The highest BCUT2D eigenvalue weighted by atomic mass is 16.3. The zero-order valence-electron chi connectivity index (χ0n) is 15.5. The van der Waals surface area contributed by atoms with E-state index in [1.807, 2.05) is 6.92 Å². The molecular formula is C17H38N2O4. The Labute approximate surface area is 141 Å². The largest absolute Gasteiger partial charge is 0.392 e. The van der Waals surface area contributed by atoms with E-state index in [0.29, 0.717) is 45.4 Å². The highest BCUT2D eigenvalue weighted by Gasteiger charge is 2.25. The number of hydrogen-bond acceptors (Lipinski definition) is 6. The number of β-amino-alcohol motifs (C(OH)–C–C–N with tert-alkyl or cyclic N) is 2. The van der Waals surface area contributed by atoms with Gasteiger partial charge in [0.1, 0.15) is 0 Å². The fourth-order valence-electron chi connectivity index (χ4n) is 2.33. The summed E-state index contributed by atoms with van der Waals surface area (Å²) in [4.78, 5) is 2.06. The van der Waals surface area contributed by atoms with Crippen molar-refractivity contribution in [1.29, 1.82) is 0 Å². The molecule has 0 aromatic carbocycles. The van der Waals surface area contributed by atoms with Gasteiger partial charge in [-0.1, -0.05) is 6.92 Å². The number of aliphatic hydroxyl groups excluding tert-OH is 4. The molecule has 0 fully saturated rings. The Morgan fingerprint density at radius 2 is 1.39 bits per heavy atom. The first kappa shape index (κ1) is 22.8. The third kappa shape index (κ3) is 11.9. The van der Waals surface area contributed by atoms with E-state index < -0.39 is 18.3 Å². The monoisotopic (exact) mass is 334 g/mol. The number of hydrogen-bond donors (Lipinski definition) is 5. The van der Waals surface area contributed by atoms with Gasteiger partial charge in [-0.05, 0) is 47.0 Å². The molecule has 0 bridgehead atoms. The Bertz CT molecular complexity index is 295. The van der Waals surface area contributed by atoms with Gasteiger partial charge in [0.05, 0.1) is 24.4 Å². The highest BCUT2D eigenvalue weighted by molar-refractivity contribution is 4.80. The zero-order valence-corrected chi connectivity index (χ0v) is 15.5. The molecule has 0 aliphatic rings. The molecule has 0 rings (SSSR count). The second-order valence-electron chi connectivity index (χ2n) is 7.53. The summed E-state index contributed by atoms with van der Waals surface area (Å²) in [7, 11) is 0. The van der Waals surface area contributed by atoms with E-state index in [4.69, 9.17) is 0 Å². The maximum Gasteiger partial charge on any atom is 0.0668 e. The van der Waals surface area contributed by atoms with Crippen molar-refractivity contribution in [2.45, 2.75) is 83.8 Å². The number of nitrogens with one attached hydrogen (secondary N) is 1. The minimum atomic E-state index is -0.538. The van der Waals surface area contributed by atoms with Crippen molar-refractivity contribution >= 4 is 0 Å². The van der Waals surface area contributed by atoms with Gasteiger partial charge in [0, 0.05) is 31.7 Å². The second-order valence-corrected chi connectivity index (χ2v) is 7.53. The molecule has 6 heteroatoms. The molecule has 0 aliphatic carbocycles. The minimum absolute atomic E-state index is 0.131. The van der Waals surface area contributed by atoms with Crippen LogP contribution in [0.4, 0.5) is 0 Å². The van der Waals surface area contributed by atoms with Gasteiger partial charge in [-0.25, -0.2) is 0 Å². The van der Waals surface area contributed by atoms with Crippen LogP contribution in [-0.4, -0.2) is 81.5 Å². The molecule has 0 spiro atoms. The molecule has 0 saturated heterocycles. The van der Waals surface area contributed by atoms with Crippen molar-refractivity contribution in [2.24, 2.45) is 0 Å². The summed E-state index contributed by atoms with van der Waals surface area (Å²) in [5.41, 5.74) is -0.131. The lowest BCUT2D eigenvalue weighted by atomic mass is 10.0. The van der Waals surface area contributed by atoms with Crippen molar-refractivity contribution in [2.75, 3.05) is 26.2 Å². The molecular weight excluding hydrogens is 296 g/mol. The van der Waals surface area contributed by atoms with Crippen molar-refractivity contribution in [3.8, 4) is 0 Å². The molecule has 0 aliphatic heterocycles. The molecule has 4 unspecified atom stereocenters. The summed E-state index contributed by atoms with van der Waals surface area (Å²) >= 11 is 0. The summed E-state index contributed by atoms with van der Waals surface area (Å²) < 4.78 is 0. The first-order valence-electron chi connectivity index (χ1n) is 8.74. The van der Waals surface area contributed by atoms with Crippen molar-refractivity contribution in [3.05, 3.63) is 0 Å². The lowest BCUT2D eigenvalue weighted by Gasteiger charge is -2.38. The van der Waals surface area contributed by atoms with E-state index in [2.05, 4.69) is 31.0 Å². The maximum absolute atomic E-state index is 10.2. The topological polar surface area (TPSA) is 96.2 Å². The van der Waals surface area contributed by atoms with E-state index in [1.165, 1.54) is 0 Å². The van der Waals surface area contributed by atoms with Gasteiger partial charge in [-0.15, -0.1) is 0 Å². The predicted molar refractivity (Wildman–Crippen MR) is 93.4 cm³/mol. The highest BCUT2D eigenvalue weighted by Crippen LogP contribution is 2.16. The quantitative estimate of drug-likeness (QED) is 0.353. The molecule has 0 radical (unpaired) electrons. The summed E-state index contributed by atoms with van der Waals surface area (Å²) in [5.74, 6) is 0. The van der Waals surface area contributed by atoms with Gasteiger partial charge < -0.3 is 25.7 Å². The van der Waals surface area contributed by atoms with Crippen LogP contribution in [0.1, 0.15) is 53.9 Å². The van der Waals surface area contributed by atoms with Gasteiger partial charge in [0.25, 0.3) is 0 Å². The van der Waals surface area contributed by atoms with Crippen LogP contribution in [0.15, 0.2) is 0 Å². The average molecular weight is 335 g/mol. The van der Waals surface area contributed by atoms with Crippen LogP contribution in [0.25, 0.3) is 0 Å². The third-order valence-corrected chi connectivity index (χ3v) is 3.93. The molecule has 0 aromatic rings. The Morgan fingerprint density at radius 1 is 0.870 bits per heavy atom. The van der Waals surface area contributed by atoms with E-state index in [1.54, 1.807) is 6.92 Å². The Kier molecular flexibility index (Phi) is 11.2. The average Bonchev–Trinajstić information content (AvgIpc) is 2.42. The molecule has 23 heavy (non-hydrogen) atoms. The van der Waals surface area contributed by atoms with Gasteiger partial charge in [0.2, 0.25) is 0 Å². The Hall–Kier alpha value is -0.240. The fourth-order valence-corrected chi connectivity index (χ4v) is 2.33. The molecule has 5 N–H and O–H groups in total. The zero-order chi connectivity index (χ0) is 18.0. The van der Waals surface area contributed by atoms with Crippen molar-refractivity contribution < 1.29 is 20.4 Å². The lowest BCUT2D eigenvalue weighted by Crippen LogP contribution is -2.48. The van der Waals surface area contributed by atoms with E-state index in [-0.39, 0.29) is 11.6 Å². The predicted octanol–water partition coefficient (Wildman–Crippen LogP) is 0.330. The smallest absolute Gasteiger partial charge is 0.0668 e. The van der Waals surface area contributed by atoms with Crippen LogP contribution in [0, 0.1) is 0 Å². The molecule has 6 nitrogen and oxygen atoms in total. The normalized spacial score (nSPS) is 18.0. The molecule has 0 amide bonds. The molecule has 0 heterocycles. The first-order valence-corrected chi connectivity index (χ1v) is 8.74. The third-order valence-electron chi connectivity index (χ3n) is 3.93. The molecule has 0 aromatic heterocycles. The molecule has 140 valence electrons. The van der Waals surface area contributed by atoms with E-state index in [0.717, 1.165) is 0 Å². The van der Waals surface area contributed by atoms with Crippen LogP contribution in [0.3, 0.4) is 0 Å². The van der Waals surface area contributed by atoms with Gasteiger partial charge >= 0.3 is 0 Å². The van der Waals surface area contributed by atoms with Crippen LogP contribution in [0.5, 0.6) is 0 Å². The van der Waals surface area contributed by atoms with Gasteiger partial charge in [0.15, 0.2) is 0 Å². The molecule has 0 saturated carbocycles. The fraction of sp³-hybridized carbons (Fsp3) is 1.00. The van der Waals surface area contributed by atoms with Crippen molar-refractivity contribution in [1.82, 2.24) is 10.2 Å². The standard InChI is InChI=1S/C17H38N2O4/c1-6-14(21)9-18-10-15(22)7-8-16(23)12-19(11-13(2)20)17(3,4)5/h13-16,18,20-23H,6-12H2,1-5H3. The van der Waals surface area contributed by atoms with Crippen LogP contribution in [-0.2, 0) is 0 Å². The van der Waals surface area contributed by atoms with Crippen LogP contribution in [0.2, 0.25) is 0 Å². The summed E-state index contributed by atoms with van der Waals surface area (Å²) in [6, 6.07) is 0. The SMILES string of the molecule is CCC(O)CNCC(O)CCC(O)CN(CC(C)O)C(C)(C)C. The van der Waals surface area contributed by atoms with Crippen LogP contribution >= 0.6 is 0 Å². The Balaban J connectivity index is 4.09. The van der Waals surface area contributed by atoms with E-state index in [9.17, 15) is 20.4 Å². The number of rotatable bonds is 12. The number of aliphatic hydroxyl groups is 4. The number of nitrogens with zero attached hydrogens (tertiary/aromatic N) is 1. The minimum Gasteiger partial charge on any atom is -0.392 e. The van der Waals surface area contributed by atoms with Crippen LogP contribution < -0.4 is 5.32 Å². The summed E-state index contributed by atoms with van der Waals surface area (Å²) in [6.45, 7) is 11.7. The molecule has 4 atom stereocenters. The van der Waals surface area contributed by atoms with E-state index >= 15 is 0 Å². The van der Waals surface area contributed by atoms with Gasteiger partial charge in [-0.2, -0.15) is 0 Å². The first-order chi connectivity index (χ1) is 10.6. The summed E-state index contributed by atoms with van der Waals surface area (Å²) in [5, 5.41) is 42.2. The van der Waals surface area contributed by atoms with Gasteiger partial charge in [-0.3, -0.25) is 4.90 Å². The lowest BCUT2D eigenvalue weighted by molar-refractivity contribution is 0.0178. The maximum atomic E-state index is 10.2.